The molecule has 158 valence electrons. The molecule has 1 atom stereocenters. The van der Waals surface area contributed by atoms with Gasteiger partial charge in [0.25, 0.3) is 0 Å². The molecule has 0 radical (unpaired) electrons. The minimum Gasteiger partial charge on any atom is -0.493 e. The highest BCUT2D eigenvalue weighted by atomic mass is 79.9. The third kappa shape index (κ3) is 7.16. The van der Waals surface area contributed by atoms with Crippen LogP contribution in [-0.2, 0) is 20.0 Å². The fourth-order valence-corrected chi connectivity index (χ4v) is 4.32. The summed E-state index contributed by atoms with van der Waals surface area (Å²) in [5, 5.41) is 2.16. The van der Waals surface area contributed by atoms with Crippen molar-refractivity contribution >= 4 is 37.6 Å². The molecular formula is C23H34Br2O3. The number of fused-ring (bicyclic) bond motifs is 1. The third-order valence-corrected chi connectivity index (χ3v) is 6.26. The number of halogens is 2. The summed E-state index contributed by atoms with van der Waals surface area (Å²) in [5.74, 6) is 0.263. The van der Waals surface area contributed by atoms with Crippen LogP contribution in [-0.4, -0.2) is 31.0 Å². The smallest absolute Gasteiger partial charge is 0.198 e. The number of methoxy groups -OCH3 is 1. The first kappa shape index (κ1) is 23.9. The molecule has 0 heterocycles. The van der Waals surface area contributed by atoms with E-state index in [2.05, 4.69) is 62.2 Å². The lowest BCUT2D eigenvalue weighted by molar-refractivity contribution is -0.231. The van der Waals surface area contributed by atoms with Gasteiger partial charge in [-0.1, -0.05) is 81.8 Å². The first-order chi connectivity index (χ1) is 13.8. The molecule has 28 heavy (non-hydrogen) atoms. The molecule has 5 heteroatoms. The molecule has 0 bridgehead atoms. The third-order valence-electron chi connectivity index (χ3n) is 5.14. The van der Waals surface area contributed by atoms with E-state index in [4.69, 9.17) is 14.2 Å². The van der Waals surface area contributed by atoms with Crippen molar-refractivity contribution in [2.24, 2.45) is 0 Å². The summed E-state index contributed by atoms with van der Waals surface area (Å²) < 4.78 is 18.4. The molecule has 1 aliphatic carbocycles. The largest absolute Gasteiger partial charge is 0.493 e. The van der Waals surface area contributed by atoms with Crippen molar-refractivity contribution in [1.29, 1.82) is 0 Å². The summed E-state index contributed by atoms with van der Waals surface area (Å²) in [6, 6.07) is 8.32. The van der Waals surface area contributed by atoms with Crippen molar-refractivity contribution < 1.29 is 14.2 Å². The fourth-order valence-electron chi connectivity index (χ4n) is 3.52. The summed E-state index contributed by atoms with van der Waals surface area (Å²) in [7, 11) is 1.74. The van der Waals surface area contributed by atoms with Crippen LogP contribution >= 0.6 is 31.9 Å². The van der Waals surface area contributed by atoms with Crippen LogP contribution in [0, 0.1) is 0 Å². The van der Waals surface area contributed by atoms with Gasteiger partial charge >= 0.3 is 0 Å². The van der Waals surface area contributed by atoms with Gasteiger partial charge in [0.15, 0.2) is 5.79 Å². The molecule has 0 aliphatic heterocycles. The number of hydrogen-bond acceptors (Lipinski definition) is 3. The van der Waals surface area contributed by atoms with Crippen molar-refractivity contribution in [2.45, 2.75) is 63.6 Å². The molecule has 1 aliphatic rings. The fraction of sp³-hybridized carbons (Fsp3) is 0.652. The Kier molecular flexibility index (Phi) is 11.8. The van der Waals surface area contributed by atoms with Gasteiger partial charge in [0.05, 0.1) is 13.2 Å². The molecule has 0 saturated heterocycles. The van der Waals surface area contributed by atoms with Gasteiger partial charge in [-0.25, -0.2) is 0 Å². The maximum absolute atomic E-state index is 6.31. The van der Waals surface area contributed by atoms with Crippen LogP contribution in [0.1, 0.15) is 68.9 Å². The summed E-state index contributed by atoms with van der Waals surface area (Å²) in [6.45, 7) is 1.47. The second kappa shape index (κ2) is 13.8. The number of unbranched alkanes of at least 4 members (excludes halogenated alkanes) is 6. The maximum Gasteiger partial charge on any atom is 0.198 e. The standard InChI is InChI=1S/C23H34Br2O3/c1-26-23(28-19-11-5-3-9-17-25)15-14-22(20-12-6-7-13-21(20)23)27-18-10-4-2-8-16-24/h6-7,12-14H,2-5,8-11,15-19H2,1H3. The number of rotatable bonds is 15. The Morgan fingerprint density at radius 2 is 1.50 bits per heavy atom. The van der Waals surface area contributed by atoms with Crippen LogP contribution in [0.15, 0.2) is 30.3 Å². The Labute approximate surface area is 187 Å². The van der Waals surface area contributed by atoms with Gasteiger partial charge in [-0.05, 0) is 31.8 Å². The molecule has 1 aromatic rings. The van der Waals surface area contributed by atoms with Gasteiger partial charge in [-0.15, -0.1) is 0 Å². The van der Waals surface area contributed by atoms with E-state index in [0.29, 0.717) is 13.0 Å². The average Bonchev–Trinajstić information content (AvgIpc) is 2.74. The summed E-state index contributed by atoms with van der Waals surface area (Å²) >= 11 is 6.97. The van der Waals surface area contributed by atoms with Crippen molar-refractivity contribution in [1.82, 2.24) is 0 Å². The van der Waals surface area contributed by atoms with Crippen molar-refractivity contribution in [3.63, 3.8) is 0 Å². The number of ether oxygens (including phenoxy) is 3. The Hall–Kier alpha value is -0.360. The minimum atomic E-state index is -0.700. The topological polar surface area (TPSA) is 27.7 Å². The Morgan fingerprint density at radius 3 is 2.18 bits per heavy atom. The lowest BCUT2D eigenvalue weighted by Gasteiger charge is -2.36. The molecule has 0 N–H and O–H groups in total. The number of hydrogen-bond donors (Lipinski definition) is 0. The van der Waals surface area contributed by atoms with E-state index in [-0.39, 0.29) is 0 Å². The highest BCUT2D eigenvalue weighted by molar-refractivity contribution is 9.09. The molecule has 0 spiro atoms. The van der Waals surface area contributed by atoms with E-state index < -0.39 is 5.79 Å². The Morgan fingerprint density at radius 1 is 0.857 bits per heavy atom. The van der Waals surface area contributed by atoms with E-state index in [1.807, 2.05) is 0 Å². The first-order valence-corrected chi connectivity index (χ1v) is 12.8. The van der Waals surface area contributed by atoms with Crippen LogP contribution in [0.2, 0.25) is 0 Å². The van der Waals surface area contributed by atoms with Crippen LogP contribution in [0.25, 0.3) is 5.76 Å². The lowest BCUT2D eigenvalue weighted by Crippen LogP contribution is -2.35. The highest BCUT2D eigenvalue weighted by Gasteiger charge is 2.38. The van der Waals surface area contributed by atoms with E-state index in [1.165, 1.54) is 38.5 Å². The maximum atomic E-state index is 6.31. The zero-order valence-electron chi connectivity index (χ0n) is 17.1. The van der Waals surface area contributed by atoms with Crippen LogP contribution in [0.5, 0.6) is 0 Å². The average molecular weight is 518 g/mol. The normalized spacial score (nSPS) is 18.6. The zero-order chi connectivity index (χ0) is 20.1. The van der Waals surface area contributed by atoms with Gasteiger partial charge in [0.1, 0.15) is 5.76 Å². The van der Waals surface area contributed by atoms with Gasteiger partial charge in [0.2, 0.25) is 0 Å². The molecule has 1 unspecified atom stereocenters. The first-order valence-electron chi connectivity index (χ1n) is 10.5. The van der Waals surface area contributed by atoms with Crippen molar-refractivity contribution in [2.75, 3.05) is 31.0 Å². The highest BCUT2D eigenvalue weighted by Crippen LogP contribution is 2.41. The molecule has 0 fully saturated rings. The molecule has 3 nitrogen and oxygen atoms in total. The Balaban J connectivity index is 1.94. The molecule has 2 rings (SSSR count). The summed E-state index contributed by atoms with van der Waals surface area (Å²) in [6.07, 6.45) is 12.3. The monoisotopic (exact) mass is 516 g/mol. The van der Waals surface area contributed by atoms with Gasteiger partial charge < -0.3 is 14.2 Å². The predicted molar refractivity (Wildman–Crippen MR) is 124 cm³/mol. The molecular weight excluding hydrogens is 484 g/mol. The van der Waals surface area contributed by atoms with E-state index >= 15 is 0 Å². The zero-order valence-corrected chi connectivity index (χ0v) is 20.2. The van der Waals surface area contributed by atoms with Crippen molar-refractivity contribution in [3.05, 3.63) is 41.5 Å². The SMILES string of the molecule is COC1(OCCCCCCBr)CC=C(OCCCCCCBr)c2ccccc21. The van der Waals surface area contributed by atoms with E-state index in [0.717, 1.165) is 47.0 Å². The Bertz CT molecular complexity index is 591. The number of benzene rings is 1. The number of alkyl halides is 2. The lowest BCUT2D eigenvalue weighted by atomic mass is 9.90. The quantitative estimate of drug-likeness (QED) is 0.140. The minimum absolute atomic E-state index is 0.681. The summed E-state index contributed by atoms with van der Waals surface area (Å²) in [5.41, 5.74) is 2.17. The van der Waals surface area contributed by atoms with Crippen molar-refractivity contribution in [3.8, 4) is 0 Å². The van der Waals surface area contributed by atoms with Gasteiger partial charge in [-0.3, -0.25) is 0 Å². The molecule has 0 amide bonds. The van der Waals surface area contributed by atoms with E-state index in [1.54, 1.807) is 7.11 Å². The van der Waals surface area contributed by atoms with Crippen LogP contribution in [0.4, 0.5) is 0 Å². The molecule has 1 aromatic carbocycles. The van der Waals surface area contributed by atoms with Crippen LogP contribution in [0.3, 0.4) is 0 Å². The second-order valence-corrected chi connectivity index (χ2v) is 8.76. The second-order valence-electron chi connectivity index (χ2n) is 7.18. The van der Waals surface area contributed by atoms with E-state index in [9.17, 15) is 0 Å². The molecule has 0 aromatic heterocycles. The predicted octanol–water partition coefficient (Wildman–Crippen LogP) is 7.17. The van der Waals surface area contributed by atoms with Gasteiger partial charge in [0, 0.05) is 35.3 Å². The summed E-state index contributed by atoms with van der Waals surface area (Å²) in [4.78, 5) is 0. The van der Waals surface area contributed by atoms with Crippen LogP contribution < -0.4 is 0 Å². The molecule has 0 saturated carbocycles. The van der Waals surface area contributed by atoms with Gasteiger partial charge in [-0.2, -0.15) is 0 Å².